The molecule has 0 bridgehead atoms. The van der Waals surface area contributed by atoms with Gasteiger partial charge in [-0.25, -0.2) is 0 Å². The average molecular weight is 288 g/mol. The molecule has 2 rings (SSSR count). The van der Waals surface area contributed by atoms with Crippen molar-refractivity contribution in [1.29, 1.82) is 0 Å². The maximum absolute atomic E-state index is 10.8. The first-order valence-corrected chi connectivity index (χ1v) is 7.17. The first-order chi connectivity index (χ1) is 9.68. The zero-order valence-electron chi connectivity index (χ0n) is 11.1. The van der Waals surface area contributed by atoms with E-state index >= 15 is 0 Å². The van der Waals surface area contributed by atoms with Gasteiger partial charge in [-0.05, 0) is 23.1 Å². The smallest absolute Gasteiger partial charge is 0.307 e. The SMILES string of the molecule is CC(=O)O/C=C\[C@@H](c1ccccc1)[C@@H](O)c1cccs1. The minimum Gasteiger partial charge on any atom is -0.435 e. The van der Waals surface area contributed by atoms with Crippen LogP contribution >= 0.6 is 11.3 Å². The molecular weight excluding hydrogens is 272 g/mol. The van der Waals surface area contributed by atoms with E-state index in [1.165, 1.54) is 24.5 Å². The average Bonchev–Trinajstić information content (AvgIpc) is 2.98. The molecule has 0 aliphatic rings. The molecule has 20 heavy (non-hydrogen) atoms. The van der Waals surface area contributed by atoms with Crippen molar-refractivity contribution in [2.24, 2.45) is 0 Å². The Morgan fingerprint density at radius 2 is 2.00 bits per heavy atom. The molecule has 0 fully saturated rings. The number of rotatable bonds is 5. The molecule has 0 aliphatic heterocycles. The molecular formula is C16H16O3S. The van der Waals surface area contributed by atoms with Crippen molar-refractivity contribution in [3.05, 3.63) is 70.6 Å². The highest BCUT2D eigenvalue weighted by Crippen LogP contribution is 2.34. The van der Waals surface area contributed by atoms with Gasteiger partial charge >= 0.3 is 5.97 Å². The Hall–Kier alpha value is -1.91. The quantitative estimate of drug-likeness (QED) is 0.675. The lowest BCUT2D eigenvalue weighted by Crippen LogP contribution is -2.08. The van der Waals surface area contributed by atoms with Crippen molar-refractivity contribution in [2.75, 3.05) is 0 Å². The first-order valence-electron chi connectivity index (χ1n) is 6.29. The van der Waals surface area contributed by atoms with Crippen LogP contribution < -0.4 is 0 Å². The second-order valence-corrected chi connectivity index (χ2v) is 5.31. The summed E-state index contributed by atoms with van der Waals surface area (Å²) in [5, 5.41) is 12.4. The zero-order valence-corrected chi connectivity index (χ0v) is 11.9. The fraction of sp³-hybridized carbons (Fsp3) is 0.188. The van der Waals surface area contributed by atoms with Gasteiger partial charge in [-0.2, -0.15) is 0 Å². The van der Waals surface area contributed by atoms with E-state index in [-0.39, 0.29) is 11.9 Å². The predicted molar refractivity (Wildman–Crippen MR) is 79.4 cm³/mol. The van der Waals surface area contributed by atoms with Crippen LogP contribution in [0.5, 0.6) is 0 Å². The van der Waals surface area contributed by atoms with Crippen molar-refractivity contribution in [2.45, 2.75) is 18.9 Å². The van der Waals surface area contributed by atoms with Gasteiger partial charge in [0.1, 0.15) is 0 Å². The van der Waals surface area contributed by atoms with Gasteiger partial charge in [0.2, 0.25) is 0 Å². The Balaban J connectivity index is 2.24. The second-order valence-electron chi connectivity index (χ2n) is 4.33. The van der Waals surface area contributed by atoms with Crippen molar-refractivity contribution in [3.63, 3.8) is 0 Å². The van der Waals surface area contributed by atoms with E-state index in [2.05, 4.69) is 0 Å². The van der Waals surface area contributed by atoms with E-state index in [0.29, 0.717) is 0 Å². The zero-order chi connectivity index (χ0) is 14.4. The molecule has 0 saturated heterocycles. The lowest BCUT2D eigenvalue weighted by atomic mass is 9.92. The summed E-state index contributed by atoms with van der Waals surface area (Å²) in [7, 11) is 0. The van der Waals surface area contributed by atoms with Crippen LogP contribution in [0.1, 0.15) is 29.4 Å². The molecule has 2 atom stereocenters. The van der Waals surface area contributed by atoms with Crippen LogP contribution in [-0.2, 0) is 9.53 Å². The van der Waals surface area contributed by atoms with Crippen LogP contribution in [0.2, 0.25) is 0 Å². The van der Waals surface area contributed by atoms with Gasteiger partial charge in [-0.15, -0.1) is 11.3 Å². The lowest BCUT2D eigenvalue weighted by molar-refractivity contribution is -0.135. The molecule has 1 heterocycles. The number of aliphatic hydroxyl groups is 1. The van der Waals surface area contributed by atoms with E-state index in [0.717, 1.165) is 10.4 Å². The molecule has 4 heteroatoms. The number of thiophene rings is 1. The molecule has 2 aromatic rings. The Bertz CT molecular complexity index is 561. The predicted octanol–water partition coefficient (Wildman–Crippen LogP) is 3.64. The van der Waals surface area contributed by atoms with E-state index in [4.69, 9.17) is 4.74 Å². The monoisotopic (exact) mass is 288 g/mol. The molecule has 1 aromatic heterocycles. The first kappa shape index (κ1) is 14.5. The number of carbonyl (C=O) groups is 1. The Morgan fingerprint density at radius 3 is 2.60 bits per heavy atom. The molecule has 1 N–H and O–H groups in total. The summed E-state index contributed by atoms with van der Waals surface area (Å²) in [5.74, 6) is -0.632. The van der Waals surface area contributed by atoms with Crippen LogP contribution in [0.4, 0.5) is 0 Å². The number of hydrogen-bond acceptors (Lipinski definition) is 4. The molecule has 0 saturated carbocycles. The van der Waals surface area contributed by atoms with Gasteiger partial charge in [0, 0.05) is 17.7 Å². The number of hydrogen-bond donors (Lipinski definition) is 1. The van der Waals surface area contributed by atoms with Gasteiger partial charge in [-0.1, -0.05) is 36.4 Å². The van der Waals surface area contributed by atoms with E-state index < -0.39 is 6.10 Å². The van der Waals surface area contributed by atoms with Gasteiger partial charge in [-0.3, -0.25) is 4.79 Å². The molecule has 0 radical (unpaired) electrons. The summed E-state index contributed by atoms with van der Waals surface area (Å²) >= 11 is 1.50. The van der Waals surface area contributed by atoms with Crippen molar-refractivity contribution >= 4 is 17.3 Å². The Labute approximate surface area is 122 Å². The van der Waals surface area contributed by atoms with Crippen LogP contribution in [0.15, 0.2) is 60.2 Å². The highest BCUT2D eigenvalue weighted by atomic mass is 32.1. The molecule has 1 aromatic carbocycles. The molecule has 3 nitrogen and oxygen atoms in total. The number of carbonyl (C=O) groups excluding carboxylic acids is 1. The molecule has 0 aliphatic carbocycles. The topological polar surface area (TPSA) is 46.5 Å². The third-order valence-corrected chi connectivity index (χ3v) is 3.82. The largest absolute Gasteiger partial charge is 0.435 e. The van der Waals surface area contributed by atoms with Gasteiger partial charge in [0.25, 0.3) is 0 Å². The minimum absolute atomic E-state index is 0.255. The lowest BCUT2D eigenvalue weighted by Gasteiger charge is -2.19. The minimum atomic E-state index is -0.663. The maximum Gasteiger partial charge on any atom is 0.307 e. The van der Waals surface area contributed by atoms with E-state index in [1.807, 2.05) is 47.8 Å². The third-order valence-electron chi connectivity index (χ3n) is 2.88. The Morgan fingerprint density at radius 1 is 1.25 bits per heavy atom. The number of aliphatic hydroxyl groups excluding tert-OH is 1. The molecule has 104 valence electrons. The van der Waals surface area contributed by atoms with E-state index in [1.54, 1.807) is 6.08 Å². The van der Waals surface area contributed by atoms with Crippen LogP contribution in [0.3, 0.4) is 0 Å². The van der Waals surface area contributed by atoms with Crippen molar-refractivity contribution in [1.82, 2.24) is 0 Å². The third kappa shape index (κ3) is 3.79. The van der Waals surface area contributed by atoms with Crippen molar-refractivity contribution in [3.8, 4) is 0 Å². The summed E-state index contributed by atoms with van der Waals surface area (Å²) in [4.78, 5) is 11.7. The normalized spacial score (nSPS) is 14.1. The molecule has 0 amide bonds. The molecule has 0 unspecified atom stereocenters. The Kier molecular flexibility index (Phi) is 5.09. The van der Waals surface area contributed by atoms with Crippen molar-refractivity contribution < 1.29 is 14.6 Å². The van der Waals surface area contributed by atoms with Crippen LogP contribution in [0.25, 0.3) is 0 Å². The fourth-order valence-electron chi connectivity index (χ4n) is 1.93. The second kappa shape index (κ2) is 7.03. The summed E-state index contributed by atoms with van der Waals surface area (Å²) in [6.45, 7) is 1.34. The van der Waals surface area contributed by atoms with Crippen LogP contribution in [-0.4, -0.2) is 11.1 Å². The summed E-state index contributed by atoms with van der Waals surface area (Å²) in [5.41, 5.74) is 0.969. The van der Waals surface area contributed by atoms with Gasteiger partial charge in [0.15, 0.2) is 0 Å². The highest BCUT2D eigenvalue weighted by Gasteiger charge is 2.21. The number of benzene rings is 1. The summed E-state index contributed by atoms with van der Waals surface area (Å²) in [6, 6.07) is 13.4. The number of esters is 1. The summed E-state index contributed by atoms with van der Waals surface area (Å²) < 4.78 is 4.83. The number of ether oxygens (including phenoxy) is 1. The van der Waals surface area contributed by atoms with Gasteiger partial charge < -0.3 is 9.84 Å². The van der Waals surface area contributed by atoms with Gasteiger partial charge in [0.05, 0.1) is 12.4 Å². The highest BCUT2D eigenvalue weighted by molar-refractivity contribution is 7.10. The maximum atomic E-state index is 10.8. The standard InChI is InChI=1S/C16H16O3S/c1-12(17)19-10-9-14(13-6-3-2-4-7-13)16(18)15-8-5-11-20-15/h2-11,14,16,18H,1H3/b10-9-/t14-,16+/m0/s1. The molecule has 0 spiro atoms. The summed E-state index contributed by atoms with van der Waals surface area (Å²) in [6.07, 6.45) is 2.39. The fourth-order valence-corrected chi connectivity index (χ4v) is 2.69. The van der Waals surface area contributed by atoms with E-state index in [9.17, 15) is 9.90 Å². The van der Waals surface area contributed by atoms with Crippen LogP contribution in [0, 0.1) is 0 Å².